The summed E-state index contributed by atoms with van der Waals surface area (Å²) in [5.41, 5.74) is -0.247. The van der Waals surface area contributed by atoms with E-state index in [4.69, 9.17) is 4.74 Å². The lowest BCUT2D eigenvalue weighted by Gasteiger charge is -2.52. The first kappa shape index (κ1) is 44.2. The Labute approximate surface area is 297 Å². The van der Waals surface area contributed by atoms with E-state index >= 15 is 0 Å². The summed E-state index contributed by atoms with van der Waals surface area (Å²) in [5, 5.41) is 12.6. The van der Waals surface area contributed by atoms with Crippen LogP contribution in [0.3, 0.4) is 0 Å². The Hall–Kier alpha value is 0.130. The first-order chi connectivity index (χ1) is 20.5. The van der Waals surface area contributed by atoms with Gasteiger partial charge in [0.05, 0.1) is 15.6 Å². The molecule has 0 bridgehead atoms. The monoisotopic (exact) mass is 685 g/mol. The van der Waals surface area contributed by atoms with Crippen LogP contribution >= 0.6 is 23.5 Å². The van der Waals surface area contributed by atoms with Crippen molar-refractivity contribution < 1.29 is 14.6 Å². The molecule has 0 radical (unpaired) electrons. The number of rotatable bonds is 8. The average molecular weight is 685 g/mol. The normalized spacial score (nSPS) is 30.5. The van der Waals surface area contributed by atoms with E-state index in [1.807, 2.05) is 13.8 Å². The maximum Gasteiger partial charge on any atom is 0.311 e. The van der Waals surface area contributed by atoms with Crippen LogP contribution in [-0.4, -0.2) is 37.9 Å². The fourth-order valence-corrected chi connectivity index (χ4v) is 12.3. The third-order valence-electron chi connectivity index (χ3n) is 10.7. The minimum atomic E-state index is -0.479. The van der Waals surface area contributed by atoms with Crippen LogP contribution in [0, 0.1) is 56.7 Å². The predicted octanol–water partition coefficient (Wildman–Crippen LogP) is 12.5. The highest BCUT2D eigenvalue weighted by Crippen LogP contribution is 2.57. The molecule has 0 aromatic rings. The molecule has 274 valence electrons. The van der Waals surface area contributed by atoms with Crippen LogP contribution in [0.4, 0.5) is 0 Å². The fourth-order valence-electron chi connectivity index (χ4n) is 8.43. The molecule has 0 aromatic heterocycles. The molecule has 0 aromatic carbocycles. The Bertz CT molecular complexity index is 893. The van der Waals surface area contributed by atoms with Crippen molar-refractivity contribution in [2.24, 2.45) is 56.7 Å². The first-order valence-electron chi connectivity index (χ1n) is 18.7. The van der Waals surface area contributed by atoms with E-state index < -0.39 is 5.41 Å². The number of esters is 1. The molecule has 0 saturated heterocycles. The lowest BCUT2D eigenvalue weighted by molar-refractivity contribution is -0.177. The summed E-state index contributed by atoms with van der Waals surface area (Å²) < 4.78 is 6.71. The summed E-state index contributed by atoms with van der Waals surface area (Å²) in [7, 11) is 0. The summed E-state index contributed by atoms with van der Waals surface area (Å²) in [6.07, 6.45) is 4.84. The Morgan fingerprint density at radius 2 is 0.935 bits per heavy atom. The van der Waals surface area contributed by atoms with E-state index in [1.54, 1.807) is 0 Å². The van der Waals surface area contributed by atoms with Gasteiger partial charge in [0.25, 0.3) is 0 Å². The molecule has 5 heteroatoms. The van der Waals surface area contributed by atoms with Crippen molar-refractivity contribution in [3.63, 3.8) is 0 Å². The number of carbonyl (C=O) groups is 1. The van der Waals surface area contributed by atoms with Gasteiger partial charge in [-0.25, -0.2) is 0 Å². The first-order valence-corrected chi connectivity index (χ1v) is 20.5. The molecule has 0 aliphatic heterocycles. The average Bonchev–Trinajstić information content (AvgIpc) is 2.83. The van der Waals surface area contributed by atoms with Gasteiger partial charge in [-0.3, -0.25) is 4.79 Å². The highest BCUT2D eigenvalue weighted by Gasteiger charge is 2.52. The van der Waals surface area contributed by atoms with Crippen LogP contribution in [0.15, 0.2) is 0 Å². The summed E-state index contributed by atoms with van der Waals surface area (Å²) in [4.78, 5) is 13.7. The van der Waals surface area contributed by atoms with Gasteiger partial charge in [0.15, 0.2) is 0 Å². The molecule has 0 heterocycles. The number of carbonyl (C=O) groups excluding carboxylic acids is 1. The molecule has 2 fully saturated rings. The van der Waals surface area contributed by atoms with Gasteiger partial charge in [0, 0.05) is 22.3 Å². The van der Waals surface area contributed by atoms with Crippen molar-refractivity contribution in [1.82, 2.24) is 0 Å². The van der Waals surface area contributed by atoms with Gasteiger partial charge in [-0.1, -0.05) is 111 Å². The molecule has 2 aliphatic rings. The third-order valence-corrected chi connectivity index (χ3v) is 13.9. The second-order valence-corrected chi connectivity index (χ2v) is 24.7. The number of aliphatic hydroxyl groups excluding tert-OH is 1. The highest BCUT2D eigenvalue weighted by atomic mass is 32.2. The van der Waals surface area contributed by atoms with Crippen LogP contribution < -0.4 is 0 Å². The molecule has 3 nitrogen and oxygen atoms in total. The van der Waals surface area contributed by atoms with Crippen molar-refractivity contribution in [3.8, 4) is 0 Å². The molecular formula is C41H80O3S2. The van der Waals surface area contributed by atoms with E-state index in [0.717, 1.165) is 32.1 Å². The molecule has 0 amide bonds. The van der Waals surface area contributed by atoms with Crippen molar-refractivity contribution >= 4 is 29.5 Å². The van der Waals surface area contributed by atoms with Crippen molar-refractivity contribution in [3.05, 3.63) is 0 Å². The fraction of sp³-hybridized carbons (Fsp3) is 0.976. The SMILES string of the molecule is CC.CC(C)CC(C)(C)C(=O)OC1C(C(C)(C)C)CC(SC(C)(C)SC2CC(C(C)(C)C)C(O)C(C(C)(C)C)C2)CC1C(C)(C)C. The summed E-state index contributed by atoms with van der Waals surface area (Å²) in [6, 6.07) is 0. The second-order valence-electron chi connectivity index (χ2n) is 20.6. The Morgan fingerprint density at radius 1 is 0.630 bits per heavy atom. The summed E-state index contributed by atoms with van der Waals surface area (Å²) >= 11 is 4.33. The van der Waals surface area contributed by atoms with Gasteiger partial charge in [-0.15, -0.1) is 23.5 Å². The lowest BCUT2D eigenvalue weighted by Crippen LogP contribution is -2.52. The zero-order chi connectivity index (χ0) is 36.4. The number of hydrogen-bond donors (Lipinski definition) is 1. The zero-order valence-corrected chi connectivity index (χ0v) is 35.9. The number of thioether (sulfide) groups is 2. The van der Waals surface area contributed by atoms with Crippen molar-refractivity contribution in [1.29, 1.82) is 0 Å². The zero-order valence-electron chi connectivity index (χ0n) is 34.3. The third kappa shape index (κ3) is 12.5. The lowest BCUT2D eigenvalue weighted by atomic mass is 9.61. The number of ether oxygens (including phenoxy) is 1. The molecule has 2 aliphatic carbocycles. The highest BCUT2D eigenvalue weighted by molar-refractivity contribution is 8.18. The van der Waals surface area contributed by atoms with Crippen molar-refractivity contribution in [2.45, 2.75) is 197 Å². The minimum Gasteiger partial charge on any atom is -0.461 e. The molecular weight excluding hydrogens is 605 g/mol. The second kappa shape index (κ2) is 16.0. The van der Waals surface area contributed by atoms with E-state index in [9.17, 15) is 9.90 Å². The Kier molecular flexibility index (Phi) is 15.4. The predicted molar refractivity (Wildman–Crippen MR) is 208 cm³/mol. The molecule has 1 N–H and O–H groups in total. The Balaban J connectivity index is 0.00000518. The summed E-state index contributed by atoms with van der Waals surface area (Å²) in [6.45, 7) is 45.3. The maximum absolute atomic E-state index is 13.7. The molecule has 2 rings (SSSR count). The van der Waals surface area contributed by atoms with Crippen LogP contribution in [0.1, 0.15) is 171 Å². The van der Waals surface area contributed by atoms with E-state index in [2.05, 4.69) is 148 Å². The molecule has 4 atom stereocenters. The standard InChI is InChI=1S/C39H74O3S2.C2H6/c1-24(2)23-38(15,16)33(41)42-32-29(36(9,10)11)21-26(22-30(32)37(12,13)14)44-39(17,18)43-25-19-27(34(3,4)5)31(40)28(20-25)35(6,7)8;1-2/h24-32,40H,19-23H2,1-18H3;1-2H3. The number of aliphatic hydroxyl groups is 1. The topological polar surface area (TPSA) is 46.5 Å². The molecule has 2 saturated carbocycles. The van der Waals surface area contributed by atoms with Gasteiger partial charge in [0.2, 0.25) is 0 Å². The Morgan fingerprint density at radius 3 is 1.22 bits per heavy atom. The quantitative estimate of drug-likeness (QED) is 0.204. The van der Waals surface area contributed by atoms with E-state index in [1.165, 1.54) is 0 Å². The number of hydrogen-bond acceptors (Lipinski definition) is 5. The molecule has 46 heavy (non-hydrogen) atoms. The van der Waals surface area contributed by atoms with Crippen LogP contribution in [0.5, 0.6) is 0 Å². The van der Waals surface area contributed by atoms with Crippen LogP contribution in [-0.2, 0) is 9.53 Å². The largest absolute Gasteiger partial charge is 0.461 e. The van der Waals surface area contributed by atoms with Crippen LogP contribution in [0.2, 0.25) is 0 Å². The van der Waals surface area contributed by atoms with E-state index in [0.29, 0.717) is 40.1 Å². The minimum absolute atomic E-state index is 0.0250. The van der Waals surface area contributed by atoms with Crippen molar-refractivity contribution in [2.75, 3.05) is 0 Å². The van der Waals surface area contributed by atoms with E-state index in [-0.39, 0.29) is 43.9 Å². The molecule has 4 unspecified atom stereocenters. The van der Waals surface area contributed by atoms with Gasteiger partial charge < -0.3 is 9.84 Å². The maximum atomic E-state index is 13.7. The smallest absolute Gasteiger partial charge is 0.311 e. The van der Waals surface area contributed by atoms with Gasteiger partial charge in [-0.05, 0) is 99.2 Å². The summed E-state index contributed by atoms with van der Waals surface area (Å²) in [5.74, 6) is 1.64. The van der Waals surface area contributed by atoms with Crippen LogP contribution in [0.25, 0.3) is 0 Å². The van der Waals surface area contributed by atoms with Gasteiger partial charge in [0.1, 0.15) is 6.10 Å². The molecule has 0 spiro atoms. The van der Waals surface area contributed by atoms with Gasteiger partial charge >= 0.3 is 5.97 Å². The van der Waals surface area contributed by atoms with Gasteiger partial charge in [-0.2, -0.15) is 0 Å².